The fourth-order valence-electron chi connectivity index (χ4n) is 1.21. The van der Waals surface area contributed by atoms with Crippen LogP contribution in [0.1, 0.15) is 6.92 Å². The van der Waals surface area contributed by atoms with Crippen molar-refractivity contribution in [2.24, 2.45) is 15.9 Å². The molecular weight excluding hydrogens is 126 g/mol. The minimum Gasteiger partial charge on any atom is -0.349 e. The van der Waals surface area contributed by atoms with E-state index >= 15 is 0 Å². The summed E-state index contributed by atoms with van der Waals surface area (Å²) in [5.74, 6) is 1.47. The first-order chi connectivity index (χ1) is 4.88. The third-order valence-corrected chi connectivity index (χ3v) is 1.83. The van der Waals surface area contributed by atoms with Gasteiger partial charge in [0.2, 0.25) is 0 Å². The summed E-state index contributed by atoms with van der Waals surface area (Å²) < 4.78 is 0. The highest BCUT2D eigenvalue weighted by Crippen LogP contribution is 2.15. The zero-order valence-corrected chi connectivity index (χ0v) is 5.78. The van der Waals surface area contributed by atoms with Gasteiger partial charge >= 0.3 is 0 Å². The van der Waals surface area contributed by atoms with Crippen molar-refractivity contribution in [1.29, 1.82) is 0 Å². The number of nitrogens with zero attached hydrogens (tertiary/aromatic N) is 2. The number of nitrogens with one attached hydrogen (secondary N) is 1. The molecule has 0 saturated carbocycles. The van der Waals surface area contributed by atoms with E-state index in [9.17, 15) is 0 Å². The van der Waals surface area contributed by atoms with E-state index in [1.54, 1.807) is 6.34 Å². The maximum absolute atomic E-state index is 4.20. The van der Waals surface area contributed by atoms with Crippen molar-refractivity contribution in [2.75, 3.05) is 0 Å². The van der Waals surface area contributed by atoms with E-state index in [0.717, 1.165) is 5.84 Å². The zero-order valence-electron chi connectivity index (χ0n) is 5.78. The number of aliphatic imine (C=N–C) groups is 2. The summed E-state index contributed by atoms with van der Waals surface area (Å²) in [6, 6.07) is 0.255. The standard InChI is InChI=1S/C7H9N3/c1-5-2-3-8-7-6(5)9-4-10-7/h2-6H,1H3,(H,8,9,10). The first-order valence-electron chi connectivity index (χ1n) is 3.40. The Bertz CT molecular complexity index is 227. The Morgan fingerprint density at radius 1 is 1.60 bits per heavy atom. The minimum absolute atomic E-state index is 0.255. The van der Waals surface area contributed by atoms with Crippen molar-refractivity contribution < 1.29 is 0 Å². The molecule has 3 nitrogen and oxygen atoms in total. The molecule has 2 aliphatic rings. The van der Waals surface area contributed by atoms with Gasteiger partial charge in [-0.15, -0.1) is 0 Å². The van der Waals surface area contributed by atoms with Gasteiger partial charge in [0, 0.05) is 5.92 Å². The topological polar surface area (TPSA) is 36.8 Å². The van der Waals surface area contributed by atoms with Gasteiger partial charge in [-0.25, -0.2) is 4.99 Å². The molecule has 2 unspecified atom stereocenters. The highest BCUT2D eigenvalue weighted by atomic mass is 15.1. The number of rotatable bonds is 0. The van der Waals surface area contributed by atoms with E-state index in [0.29, 0.717) is 5.92 Å². The Balaban J connectivity index is 2.31. The summed E-state index contributed by atoms with van der Waals surface area (Å²) in [5, 5.41) is 3.06. The van der Waals surface area contributed by atoms with Crippen molar-refractivity contribution in [3.63, 3.8) is 0 Å². The predicted molar refractivity (Wildman–Crippen MR) is 41.2 cm³/mol. The maximum atomic E-state index is 4.20. The van der Waals surface area contributed by atoms with Gasteiger partial charge in [0.15, 0.2) is 0 Å². The molecule has 0 radical (unpaired) electrons. The predicted octanol–water partition coefficient (Wildman–Crippen LogP) is 0.548. The Hall–Kier alpha value is -1.12. The third-order valence-electron chi connectivity index (χ3n) is 1.83. The minimum atomic E-state index is 0.255. The van der Waals surface area contributed by atoms with Gasteiger partial charge in [0.25, 0.3) is 0 Å². The van der Waals surface area contributed by atoms with E-state index in [4.69, 9.17) is 0 Å². The summed E-state index contributed by atoms with van der Waals surface area (Å²) in [7, 11) is 0. The molecule has 0 aromatic rings. The van der Waals surface area contributed by atoms with E-state index < -0.39 is 0 Å². The van der Waals surface area contributed by atoms with Gasteiger partial charge in [-0.3, -0.25) is 4.99 Å². The molecule has 0 bridgehead atoms. The molecule has 2 heterocycles. The zero-order chi connectivity index (χ0) is 6.97. The Kier molecular flexibility index (Phi) is 1.09. The van der Waals surface area contributed by atoms with E-state index in [-0.39, 0.29) is 6.04 Å². The molecule has 0 spiro atoms. The quantitative estimate of drug-likeness (QED) is 0.517. The SMILES string of the molecule is CC1C=CNC2=NC=NC21. The average Bonchev–Trinajstić information content (AvgIpc) is 2.36. The van der Waals surface area contributed by atoms with Crippen LogP contribution in [0.15, 0.2) is 22.3 Å². The summed E-state index contributed by atoms with van der Waals surface area (Å²) in [6.07, 6.45) is 5.65. The largest absolute Gasteiger partial charge is 0.349 e. The van der Waals surface area contributed by atoms with Crippen LogP contribution in [-0.4, -0.2) is 18.2 Å². The third kappa shape index (κ3) is 0.667. The van der Waals surface area contributed by atoms with E-state index in [2.05, 4.69) is 28.3 Å². The van der Waals surface area contributed by atoms with Crippen LogP contribution < -0.4 is 5.32 Å². The van der Waals surface area contributed by atoms with Crippen molar-refractivity contribution in [3.05, 3.63) is 12.3 Å². The first kappa shape index (κ1) is 5.65. The molecule has 0 saturated heterocycles. The Labute approximate surface area is 59.6 Å². The van der Waals surface area contributed by atoms with Gasteiger partial charge in [0.05, 0.1) is 0 Å². The molecule has 2 atom stereocenters. The van der Waals surface area contributed by atoms with Gasteiger partial charge < -0.3 is 5.32 Å². The van der Waals surface area contributed by atoms with Gasteiger partial charge in [-0.2, -0.15) is 0 Å². The van der Waals surface area contributed by atoms with Crippen molar-refractivity contribution >= 4 is 12.2 Å². The smallest absolute Gasteiger partial charge is 0.133 e. The fourth-order valence-corrected chi connectivity index (χ4v) is 1.21. The van der Waals surface area contributed by atoms with Crippen LogP contribution in [0.25, 0.3) is 0 Å². The lowest BCUT2D eigenvalue weighted by Crippen LogP contribution is -2.35. The van der Waals surface area contributed by atoms with Crippen LogP contribution in [0.3, 0.4) is 0 Å². The highest BCUT2D eigenvalue weighted by Gasteiger charge is 2.24. The summed E-state index contributed by atoms with van der Waals surface area (Å²) in [5.41, 5.74) is 0. The summed E-state index contributed by atoms with van der Waals surface area (Å²) in [6.45, 7) is 2.14. The molecule has 10 heavy (non-hydrogen) atoms. The molecule has 0 aromatic carbocycles. The van der Waals surface area contributed by atoms with Gasteiger partial charge in [-0.1, -0.05) is 13.0 Å². The average molecular weight is 135 g/mol. The molecule has 0 fully saturated rings. The van der Waals surface area contributed by atoms with Gasteiger partial charge in [0.1, 0.15) is 18.2 Å². The molecule has 0 aliphatic carbocycles. The van der Waals surface area contributed by atoms with Crippen LogP contribution in [0.2, 0.25) is 0 Å². The second-order valence-electron chi connectivity index (χ2n) is 2.59. The number of hydrogen-bond donors (Lipinski definition) is 1. The van der Waals surface area contributed by atoms with Crippen molar-refractivity contribution in [2.45, 2.75) is 13.0 Å². The molecular formula is C7H9N3. The second kappa shape index (κ2) is 1.94. The number of amidine groups is 1. The number of hydrogen-bond acceptors (Lipinski definition) is 3. The molecule has 52 valence electrons. The normalized spacial score (nSPS) is 35.1. The van der Waals surface area contributed by atoms with Crippen LogP contribution in [0, 0.1) is 5.92 Å². The van der Waals surface area contributed by atoms with Crippen molar-refractivity contribution in [1.82, 2.24) is 5.32 Å². The van der Waals surface area contributed by atoms with Crippen LogP contribution in [0.4, 0.5) is 0 Å². The van der Waals surface area contributed by atoms with Crippen LogP contribution >= 0.6 is 0 Å². The molecule has 3 heteroatoms. The molecule has 1 N–H and O–H groups in total. The second-order valence-corrected chi connectivity index (χ2v) is 2.59. The monoisotopic (exact) mass is 135 g/mol. The highest BCUT2D eigenvalue weighted by molar-refractivity contribution is 5.98. The number of fused-ring (bicyclic) bond motifs is 1. The lowest BCUT2D eigenvalue weighted by molar-refractivity contribution is 0.643. The molecule has 0 aromatic heterocycles. The molecule has 2 rings (SSSR count). The maximum Gasteiger partial charge on any atom is 0.133 e. The summed E-state index contributed by atoms with van der Waals surface area (Å²) >= 11 is 0. The van der Waals surface area contributed by atoms with E-state index in [1.165, 1.54) is 0 Å². The van der Waals surface area contributed by atoms with Gasteiger partial charge in [-0.05, 0) is 6.20 Å². The molecule has 0 amide bonds. The van der Waals surface area contributed by atoms with Crippen LogP contribution in [-0.2, 0) is 0 Å². The van der Waals surface area contributed by atoms with E-state index in [1.807, 2.05) is 6.20 Å². The van der Waals surface area contributed by atoms with Crippen molar-refractivity contribution in [3.8, 4) is 0 Å². The van der Waals surface area contributed by atoms with Crippen LogP contribution in [0.5, 0.6) is 0 Å². The fraction of sp³-hybridized carbons (Fsp3) is 0.429. The first-order valence-corrected chi connectivity index (χ1v) is 3.40. The summed E-state index contributed by atoms with van der Waals surface area (Å²) in [4.78, 5) is 8.27. The lowest BCUT2D eigenvalue weighted by Gasteiger charge is -2.19. The molecule has 2 aliphatic heterocycles. The Morgan fingerprint density at radius 2 is 2.50 bits per heavy atom. The Morgan fingerprint density at radius 3 is 3.30 bits per heavy atom. The lowest BCUT2D eigenvalue weighted by atomic mass is 10.00.